The third-order valence-corrected chi connectivity index (χ3v) is 9.91. The van der Waals surface area contributed by atoms with E-state index in [1.807, 2.05) is 45.9 Å². The van der Waals surface area contributed by atoms with Crippen LogP contribution >= 0.6 is 0 Å². The first-order valence-corrected chi connectivity index (χ1v) is 13.5. The van der Waals surface area contributed by atoms with Crippen molar-refractivity contribution in [3.63, 3.8) is 0 Å². The van der Waals surface area contributed by atoms with Crippen LogP contribution in [0.3, 0.4) is 0 Å². The highest BCUT2D eigenvalue weighted by molar-refractivity contribution is 6.90. The number of benzene rings is 2. The van der Waals surface area contributed by atoms with Gasteiger partial charge in [0.05, 0.1) is 24.8 Å². The maximum Gasteiger partial charge on any atom is 0.465 e. The second-order valence-electron chi connectivity index (χ2n) is 9.81. The molecule has 0 amide bonds. The Hall–Kier alpha value is -1.57. The fraction of sp³-hybridized carbons (Fsp3) is 0.478. The maximum atomic E-state index is 13.1. The molecule has 0 N–H and O–H groups in total. The van der Waals surface area contributed by atoms with Crippen molar-refractivity contribution >= 4 is 20.4 Å². The van der Waals surface area contributed by atoms with Gasteiger partial charge in [0.1, 0.15) is 0 Å². The van der Waals surface area contributed by atoms with Gasteiger partial charge in [-0.25, -0.2) is 0 Å². The van der Waals surface area contributed by atoms with Gasteiger partial charge >= 0.3 is 13.3 Å². The second kappa shape index (κ2) is 7.84. The third kappa shape index (κ3) is 4.68. The predicted octanol–water partition coefficient (Wildman–Crippen LogP) is 6.04. The van der Waals surface area contributed by atoms with Crippen LogP contribution < -0.4 is 5.19 Å². The number of hydrogen-bond acceptors (Lipinski definition) is 2. The van der Waals surface area contributed by atoms with Crippen LogP contribution in [0.4, 0.5) is 13.2 Å². The van der Waals surface area contributed by atoms with E-state index in [0.717, 1.165) is 23.7 Å². The molecule has 1 unspecified atom stereocenters. The lowest BCUT2D eigenvalue weighted by Gasteiger charge is -2.32. The molecule has 1 atom stereocenters. The highest BCUT2D eigenvalue weighted by Crippen LogP contribution is 2.43. The molecule has 7 heteroatoms. The van der Waals surface area contributed by atoms with E-state index in [9.17, 15) is 13.2 Å². The molecule has 0 bridgehead atoms. The maximum absolute atomic E-state index is 13.1. The van der Waals surface area contributed by atoms with Gasteiger partial charge in [-0.1, -0.05) is 60.7 Å². The largest absolute Gasteiger partial charge is 0.465 e. The number of alkyl halides is 3. The number of halogens is 3. The topological polar surface area (TPSA) is 18.5 Å². The summed E-state index contributed by atoms with van der Waals surface area (Å²) < 4.78 is 51.9. The molecule has 0 saturated carbocycles. The van der Waals surface area contributed by atoms with Crippen molar-refractivity contribution < 1.29 is 22.5 Å². The molecule has 1 saturated heterocycles. The Bertz CT molecular complexity index is 848. The standard InChI is InChI=1S/C23H30BF3O2Si/c1-21(2)22(3,4)29-24(28-21)20(16-30(5,6)19-10-8-7-9-11-19)17-12-14-18(15-13-17)23(25,26)27/h7-15,20H,16H2,1-6H3. The van der Waals surface area contributed by atoms with Gasteiger partial charge in [0, 0.05) is 5.82 Å². The van der Waals surface area contributed by atoms with E-state index in [0.29, 0.717) is 0 Å². The van der Waals surface area contributed by atoms with E-state index in [1.165, 1.54) is 5.19 Å². The molecule has 0 radical (unpaired) electrons. The summed E-state index contributed by atoms with van der Waals surface area (Å²) in [6.45, 7) is 12.6. The Morgan fingerprint density at radius 2 is 1.37 bits per heavy atom. The summed E-state index contributed by atoms with van der Waals surface area (Å²) in [6.07, 6.45) is -4.35. The molecule has 1 aliphatic heterocycles. The van der Waals surface area contributed by atoms with Crippen molar-refractivity contribution in [1.82, 2.24) is 0 Å². The minimum absolute atomic E-state index is 0.157. The lowest BCUT2D eigenvalue weighted by molar-refractivity contribution is -0.137. The lowest BCUT2D eigenvalue weighted by Crippen LogP contribution is -2.45. The highest BCUT2D eigenvalue weighted by Gasteiger charge is 2.54. The average molecular weight is 434 g/mol. The fourth-order valence-electron chi connectivity index (χ4n) is 3.90. The Morgan fingerprint density at radius 3 is 1.83 bits per heavy atom. The van der Waals surface area contributed by atoms with E-state index in [-0.39, 0.29) is 5.82 Å². The SMILES string of the molecule is CC1(C)OB(C(C[Si](C)(C)c2ccccc2)c2ccc(C(F)(F)F)cc2)OC1(C)C. The molecule has 0 aromatic heterocycles. The Labute approximate surface area is 178 Å². The zero-order valence-corrected chi connectivity index (χ0v) is 19.5. The van der Waals surface area contributed by atoms with Gasteiger partial charge < -0.3 is 9.31 Å². The molecule has 30 heavy (non-hydrogen) atoms. The summed E-state index contributed by atoms with van der Waals surface area (Å²) in [4.78, 5) is 0. The predicted molar refractivity (Wildman–Crippen MR) is 119 cm³/mol. The van der Waals surface area contributed by atoms with Crippen LogP contribution in [0.5, 0.6) is 0 Å². The van der Waals surface area contributed by atoms with Crippen molar-refractivity contribution in [2.24, 2.45) is 0 Å². The van der Waals surface area contributed by atoms with Crippen molar-refractivity contribution in [2.45, 2.75) is 70.0 Å². The van der Waals surface area contributed by atoms with Crippen LogP contribution in [0.25, 0.3) is 0 Å². The minimum atomic E-state index is -4.35. The Balaban J connectivity index is 1.97. The quantitative estimate of drug-likeness (QED) is 0.535. The summed E-state index contributed by atoms with van der Waals surface area (Å²) in [5, 5.41) is 1.30. The summed E-state index contributed by atoms with van der Waals surface area (Å²) in [5.74, 6) is -0.157. The summed E-state index contributed by atoms with van der Waals surface area (Å²) in [6, 6.07) is 16.6. The van der Waals surface area contributed by atoms with Gasteiger partial charge in [0.25, 0.3) is 0 Å². The van der Waals surface area contributed by atoms with Crippen LogP contribution in [0.2, 0.25) is 19.1 Å². The first-order valence-electron chi connectivity index (χ1n) is 10.3. The number of rotatable bonds is 5. The molecule has 0 spiro atoms. The molecule has 2 nitrogen and oxygen atoms in total. The molecule has 1 aliphatic rings. The molecular formula is C23H30BF3O2Si. The van der Waals surface area contributed by atoms with E-state index < -0.39 is 38.1 Å². The van der Waals surface area contributed by atoms with Crippen molar-refractivity contribution in [3.05, 3.63) is 65.7 Å². The Kier molecular flexibility index (Phi) is 6.04. The molecule has 2 aromatic rings. The van der Waals surface area contributed by atoms with Crippen molar-refractivity contribution in [2.75, 3.05) is 0 Å². The van der Waals surface area contributed by atoms with Gasteiger partial charge in [-0.3, -0.25) is 0 Å². The molecule has 2 aromatic carbocycles. The summed E-state index contributed by atoms with van der Waals surface area (Å²) in [5.41, 5.74) is -0.822. The van der Waals surface area contributed by atoms with E-state index in [2.05, 4.69) is 25.2 Å². The van der Waals surface area contributed by atoms with Gasteiger partial charge in [0.2, 0.25) is 0 Å². The van der Waals surface area contributed by atoms with E-state index >= 15 is 0 Å². The van der Waals surface area contributed by atoms with Crippen LogP contribution in [0.1, 0.15) is 44.6 Å². The van der Waals surface area contributed by atoms with Gasteiger partial charge in [-0.15, -0.1) is 0 Å². The van der Waals surface area contributed by atoms with Gasteiger partial charge in [0.15, 0.2) is 0 Å². The van der Waals surface area contributed by atoms with Crippen LogP contribution in [0, 0.1) is 0 Å². The average Bonchev–Trinajstić information content (AvgIpc) is 2.87. The van der Waals surface area contributed by atoms with Crippen LogP contribution in [0.15, 0.2) is 54.6 Å². The van der Waals surface area contributed by atoms with Crippen molar-refractivity contribution in [3.8, 4) is 0 Å². The smallest absolute Gasteiger partial charge is 0.403 e. The Morgan fingerprint density at radius 1 is 0.867 bits per heavy atom. The number of hydrogen-bond donors (Lipinski definition) is 0. The highest BCUT2D eigenvalue weighted by atomic mass is 28.3. The minimum Gasteiger partial charge on any atom is -0.403 e. The van der Waals surface area contributed by atoms with Gasteiger partial charge in [-0.2, -0.15) is 13.2 Å². The third-order valence-electron chi connectivity index (χ3n) is 6.55. The molecule has 3 rings (SSSR count). The molecule has 1 fully saturated rings. The monoisotopic (exact) mass is 434 g/mol. The summed E-state index contributed by atoms with van der Waals surface area (Å²) in [7, 11) is -2.43. The normalized spacial score (nSPS) is 19.7. The summed E-state index contributed by atoms with van der Waals surface area (Å²) >= 11 is 0. The van der Waals surface area contributed by atoms with Gasteiger partial charge in [-0.05, 0) is 51.4 Å². The second-order valence-corrected chi connectivity index (χ2v) is 14.6. The van der Waals surface area contributed by atoms with Crippen molar-refractivity contribution in [1.29, 1.82) is 0 Å². The molecule has 1 heterocycles. The first-order chi connectivity index (χ1) is 13.7. The van der Waals surface area contributed by atoms with Crippen LogP contribution in [-0.2, 0) is 15.5 Å². The zero-order valence-electron chi connectivity index (χ0n) is 18.5. The zero-order chi connectivity index (χ0) is 22.4. The van der Waals surface area contributed by atoms with E-state index in [1.54, 1.807) is 12.1 Å². The molecule has 162 valence electrons. The van der Waals surface area contributed by atoms with Crippen LogP contribution in [-0.4, -0.2) is 26.4 Å². The lowest BCUT2D eigenvalue weighted by atomic mass is 9.69. The molecule has 0 aliphatic carbocycles. The van der Waals surface area contributed by atoms with E-state index in [4.69, 9.17) is 9.31 Å². The molecular weight excluding hydrogens is 404 g/mol. The fourth-order valence-corrected chi connectivity index (χ4v) is 6.76. The first kappa shape index (κ1) is 23.1.